The Kier molecular flexibility index (Phi) is 5.64. The Morgan fingerprint density at radius 1 is 1.19 bits per heavy atom. The molecule has 6 nitrogen and oxygen atoms in total. The van der Waals surface area contributed by atoms with Gasteiger partial charge in [-0.05, 0) is 42.7 Å². The number of ether oxygens (including phenoxy) is 1. The van der Waals surface area contributed by atoms with E-state index in [-0.39, 0.29) is 12.4 Å². The Bertz CT molecular complexity index is 1060. The Morgan fingerprint density at radius 2 is 2.04 bits per heavy atom. The van der Waals surface area contributed by atoms with Crippen molar-refractivity contribution < 1.29 is 19.4 Å². The minimum Gasteiger partial charge on any atom is -0.480 e. The second-order valence-corrected chi connectivity index (χ2v) is 6.05. The maximum Gasteiger partial charge on any atom is 0.329 e. The van der Waals surface area contributed by atoms with Crippen LogP contribution in [0.15, 0.2) is 48.7 Å². The highest BCUT2D eigenvalue weighted by Gasteiger charge is 2.11. The van der Waals surface area contributed by atoms with E-state index in [1.54, 1.807) is 6.92 Å². The van der Waals surface area contributed by atoms with Crippen LogP contribution in [0.4, 0.5) is 0 Å². The zero-order valence-electron chi connectivity index (χ0n) is 14.8. The number of aromatic nitrogens is 2. The standard InChI is InChI=1S/C21H18N2O4/c1-15(24)11-17-6-4-5-16(12-17)8-9-19-18(13-27-14-21(25)26)22-20-7-2-3-10-23(19)20/h2-7,10,12H,11,13-14H2,1H3,(H,25,26). The number of carbonyl (C=O) groups is 2. The number of ketones is 1. The van der Waals surface area contributed by atoms with Crippen LogP contribution in [0, 0.1) is 11.8 Å². The number of hydrogen-bond donors (Lipinski definition) is 1. The minimum absolute atomic E-state index is 0.0579. The summed E-state index contributed by atoms with van der Waals surface area (Å²) in [7, 11) is 0. The first-order valence-electron chi connectivity index (χ1n) is 8.39. The first-order valence-corrected chi connectivity index (χ1v) is 8.39. The van der Waals surface area contributed by atoms with Crippen LogP contribution in [0.3, 0.4) is 0 Å². The molecule has 1 aromatic carbocycles. The van der Waals surface area contributed by atoms with E-state index in [1.165, 1.54) is 0 Å². The van der Waals surface area contributed by atoms with Crippen molar-refractivity contribution in [1.82, 2.24) is 9.38 Å². The van der Waals surface area contributed by atoms with Gasteiger partial charge in [0, 0.05) is 18.2 Å². The molecule has 0 bridgehead atoms. The van der Waals surface area contributed by atoms with Crippen molar-refractivity contribution >= 4 is 17.4 Å². The number of nitrogens with zero attached hydrogens (tertiary/aromatic N) is 2. The molecule has 2 heterocycles. The van der Waals surface area contributed by atoms with E-state index >= 15 is 0 Å². The van der Waals surface area contributed by atoms with E-state index in [1.807, 2.05) is 53.1 Å². The van der Waals surface area contributed by atoms with Gasteiger partial charge < -0.3 is 9.84 Å². The predicted octanol–water partition coefficient (Wildman–Crippen LogP) is 2.47. The molecule has 0 unspecified atom stereocenters. The molecule has 136 valence electrons. The van der Waals surface area contributed by atoms with Crippen LogP contribution >= 0.6 is 0 Å². The fraction of sp³-hybridized carbons (Fsp3) is 0.190. The van der Waals surface area contributed by atoms with Crippen LogP contribution < -0.4 is 0 Å². The number of pyridine rings is 1. The molecule has 0 aliphatic carbocycles. The van der Waals surface area contributed by atoms with Crippen LogP contribution in [-0.4, -0.2) is 32.9 Å². The molecule has 6 heteroatoms. The fourth-order valence-electron chi connectivity index (χ4n) is 2.69. The first kappa shape index (κ1) is 18.4. The third-order valence-electron chi connectivity index (χ3n) is 3.77. The number of imidazole rings is 1. The Hall–Kier alpha value is -3.43. The molecule has 0 radical (unpaired) electrons. The number of Topliss-reactive ketones (excluding diaryl/α,β-unsaturated/α-hetero) is 1. The van der Waals surface area contributed by atoms with Crippen LogP contribution in [0.25, 0.3) is 5.65 Å². The topological polar surface area (TPSA) is 80.9 Å². The van der Waals surface area contributed by atoms with Gasteiger partial charge >= 0.3 is 5.97 Å². The Morgan fingerprint density at radius 3 is 2.81 bits per heavy atom. The lowest BCUT2D eigenvalue weighted by Gasteiger charge is -2.00. The van der Waals surface area contributed by atoms with E-state index in [4.69, 9.17) is 9.84 Å². The highest BCUT2D eigenvalue weighted by molar-refractivity contribution is 5.78. The van der Waals surface area contributed by atoms with Gasteiger partial charge in [-0.1, -0.05) is 24.1 Å². The molecular weight excluding hydrogens is 344 g/mol. The molecular formula is C21H18N2O4. The zero-order valence-corrected chi connectivity index (χ0v) is 14.8. The molecule has 0 saturated carbocycles. The smallest absolute Gasteiger partial charge is 0.329 e. The molecule has 0 saturated heterocycles. The van der Waals surface area contributed by atoms with Crippen molar-refractivity contribution in [2.24, 2.45) is 0 Å². The number of benzene rings is 1. The van der Waals surface area contributed by atoms with Crippen molar-refractivity contribution in [3.05, 3.63) is 71.2 Å². The van der Waals surface area contributed by atoms with Gasteiger partial charge in [0.1, 0.15) is 29.4 Å². The third-order valence-corrected chi connectivity index (χ3v) is 3.77. The van der Waals surface area contributed by atoms with Gasteiger partial charge in [0.05, 0.1) is 6.61 Å². The van der Waals surface area contributed by atoms with Crippen LogP contribution in [0.2, 0.25) is 0 Å². The lowest BCUT2D eigenvalue weighted by atomic mass is 10.1. The predicted molar refractivity (Wildman–Crippen MR) is 99.3 cm³/mol. The van der Waals surface area contributed by atoms with E-state index in [0.29, 0.717) is 23.5 Å². The monoisotopic (exact) mass is 362 g/mol. The summed E-state index contributed by atoms with van der Waals surface area (Å²) >= 11 is 0. The summed E-state index contributed by atoms with van der Waals surface area (Å²) < 4.78 is 7.02. The van der Waals surface area contributed by atoms with Crippen molar-refractivity contribution in [3.63, 3.8) is 0 Å². The summed E-state index contributed by atoms with van der Waals surface area (Å²) in [4.78, 5) is 26.4. The Labute approximate surface area is 156 Å². The van der Waals surface area contributed by atoms with Gasteiger partial charge in [-0.3, -0.25) is 9.20 Å². The van der Waals surface area contributed by atoms with Gasteiger partial charge in [-0.15, -0.1) is 0 Å². The summed E-state index contributed by atoms with van der Waals surface area (Å²) in [6, 6.07) is 13.1. The normalized spacial score (nSPS) is 10.4. The largest absolute Gasteiger partial charge is 0.480 e. The van der Waals surface area contributed by atoms with E-state index in [0.717, 1.165) is 11.1 Å². The first-order chi connectivity index (χ1) is 13.0. The number of carboxylic acids is 1. The van der Waals surface area contributed by atoms with Crippen molar-refractivity contribution in [1.29, 1.82) is 0 Å². The average molecular weight is 362 g/mol. The average Bonchev–Trinajstić information content (AvgIpc) is 2.97. The van der Waals surface area contributed by atoms with Crippen molar-refractivity contribution in [2.45, 2.75) is 20.0 Å². The van der Waals surface area contributed by atoms with Gasteiger partial charge in [0.25, 0.3) is 0 Å². The van der Waals surface area contributed by atoms with E-state index in [2.05, 4.69) is 16.8 Å². The van der Waals surface area contributed by atoms with Crippen LogP contribution in [-0.2, 0) is 27.4 Å². The minimum atomic E-state index is -1.03. The molecule has 0 spiro atoms. The number of hydrogen-bond acceptors (Lipinski definition) is 4. The highest BCUT2D eigenvalue weighted by Crippen LogP contribution is 2.13. The second kappa shape index (κ2) is 8.30. The van der Waals surface area contributed by atoms with Crippen LogP contribution in [0.1, 0.15) is 29.4 Å². The summed E-state index contributed by atoms with van der Waals surface area (Å²) in [6.07, 6.45) is 2.22. The van der Waals surface area contributed by atoms with Gasteiger partial charge in [-0.25, -0.2) is 9.78 Å². The molecule has 0 atom stereocenters. The SMILES string of the molecule is CC(=O)Cc1cccc(C#Cc2c(COCC(=O)O)nc3ccccn23)c1. The number of rotatable bonds is 6. The molecule has 0 fully saturated rings. The van der Waals surface area contributed by atoms with E-state index < -0.39 is 12.6 Å². The fourth-order valence-corrected chi connectivity index (χ4v) is 2.69. The molecule has 27 heavy (non-hydrogen) atoms. The number of fused-ring (bicyclic) bond motifs is 1. The van der Waals surface area contributed by atoms with Gasteiger partial charge in [-0.2, -0.15) is 0 Å². The summed E-state index contributed by atoms with van der Waals surface area (Å²) in [5.74, 6) is 5.27. The highest BCUT2D eigenvalue weighted by atomic mass is 16.5. The van der Waals surface area contributed by atoms with Gasteiger partial charge in [0.2, 0.25) is 0 Å². The van der Waals surface area contributed by atoms with E-state index in [9.17, 15) is 9.59 Å². The second-order valence-electron chi connectivity index (χ2n) is 6.05. The number of carbonyl (C=O) groups excluding carboxylic acids is 1. The summed E-state index contributed by atoms with van der Waals surface area (Å²) in [5.41, 5.74) is 3.64. The third kappa shape index (κ3) is 4.81. The number of carboxylic acid groups (broad SMARTS) is 1. The molecule has 1 N–H and O–H groups in total. The molecule has 0 aliphatic rings. The maximum atomic E-state index is 11.3. The summed E-state index contributed by atoms with van der Waals surface area (Å²) in [6.45, 7) is 1.22. The van der Waals surface area contributed by atoms with Crippen molar-refractivity contribution in [2.75, 3.05) is 6.61 Å². The molecule has 0 aliphatic heterocycles. The van der Waals surface area contributed by atoms with Crippen LogP contribution in [0.5, 0.6) is 0 Å². The lowest BCUT2D eigenvalue weighted by Crippen LogP contribution is -2.07. The van der Waals surface area contributed by atoms with Gasteiger partial charge in [0.15, 0.2) is 0 Å². The summed E-state index contributed by atoms with van der Waals surface area (Å²) in [5, 5.41) is 8.74. The maximum absolute atomic E-state index is 11.3. The molecule has 2 aromatic heterocycles. The Balaban J connectivity index is 1.93. The molecule has 3 rings (SSSR count). The lowest BCUT2D eigenvalue weighted by molar-refractivity contribution is -0.142. The molecule has 3 aromatic rings. The quantitative estimate of drug-likeness (QED) is 0.682. The number of aliphatic carboxylic acids is 1. The zero-order chi connectivity index (χ0) is 19.2. The molecule has 0 amide bonds. The van der Waals surface area contributed by atoms with Crippen molar-refractivity contribution in [3.8, 4) is 11.8 Å².